The van der Waals surface area contributed by atoms with E-state index in [4.69, 9.17) is 11.5 Å². The summed E-state index contributed by atoms with van der Waals surface area (Å²) in [5, 5.41) is 7.87. The van der Waals surface area contributed by atoms with Crippen LogP contribution in [0.4, 0.5) is 11.4 Å². The maximum absolute atomic E-state index is 11.6. The highest BCUT2D eigenvalue weighted by Crippen LogP contribution is 2.04. The number of hydrogen-bond donors (Lipinski definition) is 3. The quantitative estimate of drug-likeness (QED) is 0.372. The van der Waals surface area contributed by atoms with E-state index in [1.807, 2.05) is 13.2 Å². The van der Waals surface area contributed by atoms with Crippen LogP contribution in [0.1, 0.15) is 14.9 Å². The van der Waals surface area contributed by atoms with Crippen LogP contribution in [-0.4, -0.2) is 29.1 Å². The van der Waals surface area contributed by atoms with Crippen LogP contribution < -0.4 is 22.6 Å². The number of rotatable bonds is 1. The Morgan fingerprint density at radius 3 is 1.97 bits per heavy atom. The van der Waals surface area contributed by atoms with Crippen molar-refractivity contribution < 1.29 is 0 Å². The highest BCUT2D eigenvalue weighted by Gasteiger charge is 2.02. The van der Waals surface area contributed by atoms with Crippen LogP contribution in [0.3, 0.4) is 0 Å². The van der Waals surface area contributed by atoms with E-state index in [-0.39, 0.29) is 37.3 Å². The molecule has 0 amide bonds. The van der Waals surface area contributed by atoms with Crippen molar-refractivity contribution in [3.05, 3.63) is 86.6 Å². The van der Waals surface area contributed by atoms with Gasteiger partial charge in [-0.05, 0) is 40.2 Å². The smallest absolute Gasteiger partial charge is 0.278 e. The lowest BCUT2D eigenvalue weighted by Crippen LogP contribution is -2.19. The zero-order chi connectivity index (χ0) is 21.4. The van der Waals surface area contributed by atoms with E-state index in [0.29, 0.717) is 5.69 Å². The number of nitrogens with one attached hydrogen (secondary N) is 1. The third kappa shape index (κ3) is 8.34. The molecule has 5 N–H and O–H groups in total. The predicted molar refractivity (Wildman–Crippen MR) is 129 cm³/mol. The summed E-state index contributed by atoms with van der Waals surface area (Å²) in [6.07, 6.45) is 10.2. The van der Waals surface area contributed by atoms with Crippen LogP contribution in [0.25, 0.3) is 5.69 Å². The lowest BCUT2D eigenvalue weighted by atomic mass is 10.4. The average Bonchev–Trinajstić information content (AvgIpc) is 3.28. The van der Waals surface area contributed by atoms with Gasteiger partial charge >= 0.3 is 0 Å². The molecule has 4 aromatic rings. The molecule has 0 saturated heterocycles. The Hall–Kier alpha value is -3.60. The van der Waals surface area contributed by atoms with Crippen molar-refractivity contribution in [1.29, 1.82) is 0 Å². The van der Waals surface area contributed by atoms with E-state index in [1.54, 1.807) is 71.7 Å². The van der Waals surface area contributed by atoms with Gasteiger partial charge in [0, 0.05) is 38.9 Å². The topological polar surface area (TPSA) is 143 Å². The minimum atomic E-state index is -0.229. The van der Waals surface area contributed by atoms with Gasteiger partial charge in [0.05, 0.1) is 33.9 Å². The van der Waals surface area contributed by atoms with E-state index in [2.05, 4.69) is 31.1 Å². The van der Waals surface area contributed by atoms with Gasteiger partial charge in [0.2, 0.25) is 0 Å². The first-order valence-electron chi connectivity index (χ1n) is 8.31. The third-order valence-electron chi connectivity index (χ3n) is 3.47. The van der Waals surface area contributed by atoms with Gasteiger partial charge in [-0.2, -0.15) is 10.2 Å². The van der Waals surface area contributed by atoms with E-state index in [0.717, 1.165) is 4.47 Å². The molecule has 4 heterocycles. The molecule has 0 bridgehead atoms. The molecule has 31 heavy (non-hydrogen) atoms. The van der Waals surface area contributed by atoms with Crippen molar-refractivity contribution in [3.63, 3.8) is 0 Å². The molecule has 10 nitrogen and oxygen atoms in total. The summed E-state index contributed by atoms with van der Waals surface area (Å²) in [5.41, 5.74) is 11.4. The third-order valence-corrected chi connectivity index (χ3v) is 3.88. The molecule has 0 aliphatic heterocycles. The van der Waals surface area contributed by atoms with Gasteiger partial charge in [0.25, 0.3) is 11.1 Å². The van der Waals surface area contributed by atoms with E-state index < -0.39 is 0 Å². The molecule has 0 spiro atoms. The predicted octanol–water partition coefficient (Wildman–Crippen LogP) is 2.57. The van der Waals surface area contributed by atoms with Crippen molar-refractivity contribution in [2.75, 3.05) is 11.5 Å². The van der Waals surface area contributed by atoms with E-state index in [9.17, 15) is 9.59 Å². The minimum Gasteiger partial charge on any atom is -0.394 e. The largest absolute Gasteiger partial charge is 0.394 e. The highest BCUT2D eigenvalue weighted by molar-refractivity contribution is 9.10. The Morgan fingerprint density at radius 2 is 1.55 bits per heavy atom. The molecule has 11 heteroatoms. The molecule has 168 valence electrons. The first-order valence-corrected chi connectivity index (χ1v) is 9.10. The second-order valence-electron chi connectivity index (χ2n) is 5.80. The van der Waals surface area contributed by atoms with Crippen LogP contribution in [0.5, 0.6) is 0 Å². The second-order valence-corrected chi connectivity index (χ2v) is 6.71. The van der Waals surface area contributed by atoms with Crippen LogP contribution in [0.15, 0.2) is 75.5 Å². The number of nitrogens with two attached hydrogens (primary N) is 2. The van der Waals surface area contributed by atoms with Gasteiger partial charge < -0.3 is 16.5 Å². The fraction of sp³-hybridized carbons (Fsp3) is 0.200. The first kappa shape index (κ1) is 27.4. The van der Waals surface area contributed by atoms with Crippen LogP contribution >= 0.6 is 15.9 Å². The summed E-state index contributed by atoms with van der Waals surface area (Å²) in [4.78, 5) is 24.4. The molecule has 0 aliphatic carbocycles. The summed E-state index contributed by atoms with van der Waals surface area (Å²) in [7, 11) is 3.67. The molecule has 0 saturated carbocycles. The molecule has 4 aromatic heterocycles. The number of anilines is 2. The van der Waals surface area contributed by atoms with Crippen LogP contribution in [0.2, 0.25) is 0 Å². The summed E-state index contributed by atoms with van der Waals surface area (Å²) >= 11 is 3.25. The Labute approximate surface area is 189 Å². The summed E-state index contributed by atoms with van der Waals surface area (Å²) < 4.78 is 5.85. The number of hydrogen-bond acceptors (Lipinski definition) is 6. The molecule has 0 unspecified atom stereocenters. The Bertz CT molecular complexity index is 1160. The summed E-state index contributed by atoms with van der Waals surface area (Å²) in [6, 6.07) is 6.54. The number of H-pyrrole nitrogens is 1. The Kier molecular flexibility index (Phi) is 11.4. The first-order chi connectivity index (χ1) is 13.8. The summed E-state index contributed by atoms with van der Waals surface area (Å²) in [5.74, 6) is 0. The number of aryl methyl sites for hydroxylation is 2. The zero-order valence-corrected chi connectivity index (χ0v) is 17.4. The van der Waals surface area contributed by atoms with Gasteiger partial charge in [0.1, 0.15) is 0 Å². The van der Waals surface area contributed by atoms with Crippen LogP contribution in [0, 0.1) is 0 Å². The van der Waals surface area contributed by atoms with Gasteiger partial charge in [-0.1, -0.05) is 14.9 Å². The number of aromatic amines is 1. The standard InChI is InChI=1S/C9H10N4O.C5H6N2O.C4H5BrN2.2CH4/c1-12-6-7(5-11-12)13-4-2-3-8(10)9(13)14;6-4-2-1-3-7-5(4)8;1-7-3-4(5)2-6-7;;/h2-6H,10H2,1H3;1-3H,6H2,(H,7,8);2-3H,1H3;2*1H4. The fourth-order valence-electron chi connectivity index (χ4n) is 2.07. The molecular weight excluding hydrogens is 464 g/mol. The lowest BCUT2D eigenvalue weighted by Gasteiger charge is -2.01. The molecule has 0 aliphatic rings. The van der Waals surface area contributed by atoms with Gasteiger partial charge in [-0.25, -0.2) is 0 Å². The number of halogens is 1. The minimum absolute atomic E-state index is 0. The second kappa shape index (κ2) is 12.9. The van der Waals surface area contributed by atoms with Crippen molar-refractivity contribution in [1.82, 2.24) is 29.1 Å². The fourth-order valence-corrected chi connectivity index (χ4v) is 2.46. The number of aromatic nitrogens is 6. The SMILES string of the molecule is C.C.Cn1cc(-n2cccc(N)c2=O)cn1.Cn1cc(Br)cn1.Nc1ccc[nH]c1=O. The summed E-state index contributed by atoms with van der Waals surface area (Å²) in [6.45, 7) is 0. The number of nitrogens with zero attached hydrogens (tertiary/aromatic N) is 5. The highest BCUT2D eigenvalue weighted by atomic mass is 79.9. The van der Waals surface area contributed by atoms with E-state index in [1.165, 1.54) is 4.57 Å². The van der Waals surface area contributed by atoms with E-state index >= 15 is 0 Å². The molecule has 0 fully saturated rings. The lowest BCUT2D eigenvalue weighted by molar-refractivity contribution is 0.767. The molecule has 0 radical (unpaired) electrons. The molecule has 0 atom stereocenters. The molecule has 4 rings (SSSR count). The molecular formula is C20H29BrN8O2. The van der Waals surface area contributed by atoms with Crippen molar-refractivity contribution in [3.8, 4) is 5.69 Å². The van der Waals surface area contributed by atoms with Crippen molar-refractivity contribution in [2.45, 2.75) is 14.9 Å². The monoisotopic (exact) mass is 492 g/mol. The van der Waals surface area contributed by atoms with Gasteiger partial charge in [-0.3, -0.25) is 23.5 Å². The van der Waals surface area contributed by atoms with Gasteiger partial charge in [-0.15, -0.1) is 0 Å². The average molecular weight is 493 g/mol. The number of pyridine rings is 2. The van der Waals surface area contributed by atoms with Crippen molar-refractivity contribution in [2.24, 2.45) is 14.1 Å². The van der Waals surface area contributed by atoms with Crippen molar-refractivity contribution >= 4 is 27.3 Å². The maximum Gasteiger partial charge on any atom is 0.278 e. The maximum atomic E-state index is 11.6. The van der Waals surface area contributed by atoms with Gasteiger partial charge in [0.15, 0.2) is 0 Å². The zero-order valence-electron chi connectivity index (χ0n) is 15.9. The molecule has 0 aromatic carbocycles. The van der Waals surface area contributed by atoms with Crippen LogP contribution in [-0.2, 0) is 14.1 Å². The number of nitrogen functional groups attached to an aromatic ring is 2. The Balaban J connectivity index is 0.000000457. The Morgan fingerprint density at radius 1 is 0.935 bits per heavy atom. The normalized spacial score (nSPS) is 9.13.